The second-order valence-corrected chi connectivity index (χ2v) is 5.73. The van der Waals surface area contributed by atoms with Crippen molar-refractivity contribution in [2.45, 2.75) is 32.7 Å². The van der Waals surface area contributed by atoms with Gasteiger partial charge in [-0.15, -0.1) is 0 Å². The van der Waals surface area contributed by atoms with Crippen molar-refractivity contribution in [3.05, 3.63) is 35.2 Å². The first kappa shape index (κ1) is 13.9. The van der Waals surface area contributed by atoms with E-state index >= 15 is 0 Å². The van der Waals surface area contributed by atoms with Gasteiger partial charge in [-0.05, 0) is 44.9 Å². The fourth-order valence-corrected chi connectivity index (χ4v) is 2.65. The van der Waals surface area contributed by atoms with Crippen LogP contribution in [0.1, 0.15) is 34.6 Å². The average molecular weight is 284 g/mol. The van der Waals surface area contributed by atoms with Crippen LogP contribution in [0.25, 0.3) is 11.0 Å². The van der Waals surface area contributed by atoms with E-state index in [9.17, 15) is 4.79 Å². The first-order chi connectivity index (χ1) is 10.0. The smallest absolute Gasteiger partial charge is 0.253 e. The van der Waals surface area contributed by atoms with E-state index in [1.165, 1.54) is 0 Å². The second kappa shape index (κ2) is 5.41. The molecule has 1 saturated heterocycles. The second-order valence-electron chi connectivity index (χ2n) is 5.73. The number of carbonyl (C=O) groups excluding carboxylic acids is 1. The van der Waals surface area contributed by atoms with Gasteiger partial charge < -0.3 is 10.6 Å². The van der Waals surface area contributed by atoms with Gasteiger partial charge in [-0.1, -0.05) is 0 Å². The summed E-state index contributed by atoms with van der Waals surface area (Å²) in [5.41, 5.74) is 9.99. The Morgan fingerprint density at radius 3 is 2.43 bits per heavy atom. The van der Waals surface area contributed by atoms with Gasteiger partial charge in [-0.2, -0.15) is 0 Å². The molecule has 5 nitrogen and oxygen atoms in total. The molecule has 2 aromatic rings. The number of benzene rings is 1. The normalized spacial score (nSPS) is 16.4. The molecule has 1 fully saturated rings. The summed E-state index contributed by atoms with van der Waals surface area (Å²) in [7, 11) is 0. The third kappa shape index (κ3) is 2.74. The van der Waals surface area contributed by atoms with Gasteiger partial charge in [-0.3, -0.25) is 4.79 Å². The Bertz CT molecular complexity index is 690. The summed E-state index contributed by atoms with van der Waals surface area (Å²) < 4.78 is 0. The third-order valence-corrected chi connectivity index (χ3v) is 4.15. The summed E-state index contributed by atoms with van der Waals surface area (Å²) in [6.45, 7) is 5.34. The highest BCUT2D eigenvalue weighted by Crippen LogP contribution is 2.17. The quantitative estimate of drug-likeness (QED) is 0.867. The van der Waals surface area contributed by atoms with Crippen LogP contribution in [0.15, 0.2) is 18.2 Å². The van der Waals surface area contributed by atoms with Crippen molar-refractivity contribution in [3.8, 4) is 0 Å². The van der Waals surface area contributed by atoms with Crippen LogP contribution in [0.5, 0.6) is 0 Å². The molecule has 110 valence electrons. The fourth-order valence-electron chi connectivity index (χ4n) is 2.65. The van der Waals surface area contributed by atoms with Crippen molar-refractivity contribution in [3.63, 3.8) is 0 Å². The number of hydrogen-bond acceptors (Lipinski definition) is 4. The molecule has 0 spiro atoms. The Balaban J connectivity index is 1.90. The highest BCUT2D eigenvalue weighted by atomic mass is 16.2. The van der Waals surface area contributed by atoms with E-state index in [1.54, 1.807) is 0 Å². The maximum atomic E-state index is 12.5. The zero-order valence-electron chi connectivity index (χ0n) is 12.5. The minimum absolute atomic E-state index is 0.0591. The largest absolute Gasteiger partial charge is 0.339 e. The van der Waals surface area contributed by atoms with Crippen molar-refractivity contribution < 1.29 is 4.79 Å². The standard InChI is InChI=1S/C16H20N4O/c1-10-11(2)19-15-9-12(3-4-14(15)18-10)16(21)20-7-5-13(17)6-8-20/h3-4,9,13H,5-8,17H2,1-2H3. The zero-order chi connectivity index (χ0) is 15.0. The average Bonchev–Trinajstić information content (AvgIpc) is 2.48. The molecule has 0 unspecified atom stereocenters. The Kier molecular flexibility index (Phi) is 3.59. The van der Waals surface area contributed by atoms with E-state index in [4.69, 9.17) is 5.73 Å². The first-order valence-electron chi connectivity index (χ1n) is 7.34. The summed E-state index contributed by atoms with van der Waals surface area (Å²) in [5, 5.41) is 0. The minimum atomic E-state index is 0.0591. The van der Waals surface area contributed by atoms with Crippen LogP contribution in [0.2, 0.25) is 0 Å². The van der Waals surface area contributed by atoms with E-state index in [-0.39, 0.29) is 11.9 Å². The van der Waals surface area contributed by atoms with Crippen LogP contribution in [0.3, 0.4) is 0 Å². The van der Waals surface area contributed by atoms with E-state index in [0.717, 1.165) is 48.4 Å². The van der Waals surface area contributed by atoms with Gasteiger partial charge in [0.25, 0.3) is 5.91 Å². The number of aryl methyl sites for hydroxylation is 2. The molecule has 21 heavy (non-hydrogen) atoms. The van der Waals surface area contributed by atoms with Gasteiger partial charge in [0.1, 0.15) is 0 Å². The Labute approximate surface area is 124 Å². The van der Waals surface area contributed by atoms with Gasteiger partial charge in [-0.25, -0.2) is 9.97 Å². The molecule has 5 heteroatoms. The van der Waals surface area contributed by atoms with Crippen molar-refractivity contribution in [1.29, 1.82) is 0 Å². The highest BCUT2D eigenvalue weighted by Gasteiger charge is 2.21. The summed E-state index contributed by atoms with van der Waals surface area (Å²) in [6, 6.07) is 5.77. The number of amides is 1. The van der Waals surface area contributed by atoms with Gasteiger partial charge in [0.05, 0.1) is 22.4 Å². The number of rotatable bonds is 1. The number of nitrogens with two attached hydrogens (primary N) is 1. The summed E-state index contributed by atoms with van der Waals surface area (Å²) in [6.07, 6.45) is 1.74. The lowest BCUT2D eigenvalue weighted by atomic mass is 10.0. The maximum Gasteiger partial charge on any atom is 0.253 e. The molecule has 1 amide bonds. The summed E-state index contributed by atoms with van der Waals surface area (Å²) in [4.78, 5) is 23.4. The first-order valence-corrected chi connectivity index (χ1v) is 7.34. The topological polar surface area (TPSA) is 72.1 Å². The fraction of sp³-hybridized carbons (Fsp3) is 0.438. The molecule has 1 aliphatic heterocycles. The van der Waals surface area contributed by atoms with Crippen molar-refractivity contribution in [1.82, 2.24) is 14.9 Å². The number of carbonyl (C=O) groups is 1. The van der Waals surface area contributed by atoms with Crippen molar-refractivity contribution >= 4 is 16.9 Å². The molecule has 0 saturated carbocycles. The molecule has 3 rings (SSSR count). The number of aromatic nitrogens is 2. The van der Waals surface area contributed by atoms with Gasteiger partial charge in [0.15, 0.2) is 0 Å². The lowest BCUT2D eigenvalue weighted by molar-refractivity contribution is 0.0715. The van der Waals surface area contributed by atoms with E-state index in [1.807, 2.05) is 36.9 Å². The predicted molar refractivity (Wildman–Crippen MR) is 82.1 cm³/mol. The monoisotopic (exact) mass is 284 g/mol. The SMILES string of the molecule is Cc1nc2ccc(C(=O)N3CCC(N)CC3)cc2nc1C. The molecule has 0 atom stereocenters. The number of fused-ring (bicyclic) bond motifs is 1. The molecule has 0 aliphatic carbocycles. The van der Waals surface area contributed by atoms with Crippen LogP contribution in [0.4, 0.5) is 0 Å². The Morgan fingerprint density at radius 1 is 1.14 bits per heavy atom. The highest BCUT2D eigenvalue weighted by molar-refractivity contribution is 5.97. The molecule has 0 radical (unpaired) electrons. The lowest BCUT2D eigenvalue weighted by Crippen LogP contribution is -2.42. The third-order valence-electron chi connectivity index (χ3n) is 4.15. The number of hydrogen-bond donors (Lipinski definition) is 1. The molecule has 2 N–H and O–H groups in total. The van der Waals surface area contributed by atoms with Crippen molar-refractivity contribution in [2.75, 3.05) is 13.1 Å². The molecule has 1 aromatic carbocycles. The molecular weight excluding hydrogens is 264 g/mol. The molecule has 1 aliphatic rings. The zero-order valence-corrected chi connectivity index (χ0v) is 12.5. The van der Waals surface area contributed by atoms with Crippen LogP contribution in [-0.2, 0) is 0 Å². The van der Waals surface area contributed by atoms with Gasteiger partial charge >= 0.3 is 0 Å². The Hall–Kier alpha value is -2.01. The maximum absolute atomic E-state index is 12.5. The van der Waals surface area contributed by atoms with Crippen LogP contribution in [-0.4, -0.2) is 39.9 Å². The number of likely N-dealkylation sites (tertiary alicyclic amines) is 1. The molecular formula is C16H20N4O. The van der Waals surface area contributed by atoms with Gasteiger partial charge in [0.2, 0.25) is 0 Å². The van der Waals surface area contributed by atoms with Crippen LogP contribution in [0, 0.1) is 13.8 Å². The molecule has 2 heterocycles. The summed E-state index contributed by atoms with van der Waals surface area (Å²) >= 11 is 0. The van der Waals surface area contributed by atoms with E-state index in [0.29, 0.717) is 5.56 Å². The van der Waals surface area contributed by atoms with Crippen LogP contribution < -0.4 is 5.73 Å². The van der Waals surface area contributed by atoms with E-state index in [2.05, 4.69) is 9.97 Å². The van der Waals surface area contributed by atoms with E-state index < -0.39 is 0 Å². The summed E-state index contributed by atoms with van der Waals surface area (Å²) in [5.74, 6) is 0.0591. The number of piperidine rings is 1. The number of nitrogens with zero attached hydrogens (tertiary/aromatic N) is 3. The Morgan fingerprint density at radius 2 is 1.76 bits per heavy atom. The molecule has 1 aromatic heterocycles. The van der Waals surface area contributed by atoms with Crippen LogP contribution >= 0.6 is 0 Å². The minimum Gasteiger partial charge on any atom is -0.339 e. The molecule has 0 bridgehead atoms. The van der Waals surface area contributed by atoms with Crippen molar-refractivity contribution in [2.24, 2.45) is 5.73 Å². The predicted octanol–water partition coefficient (Wildman–Crippen LogP) is 1.81. The lowest BCUT2D eigenvalue weighted by Gasteiger charge is -2.30. The van der Waals surface area contributed by atoms with Gasteiger partial charge in [0, 0.05) is 24.7 Å².